The van der Waals surface area contributed by atoms with Crippen LogP contribution in [-0.4, -0.2) is 39.5 Å². The molecule has 1 heterocycles. The molecule has 1 saturated heterocycles. The second kappa shape index (κ2) is 7.43. The van der Waals surface area contributed by atoms with Crippen molar-refractivity contribution in [2.24, 2.45) is 11.7 Å². The Morgan fingerprint density at radius 3 is 2.56 bits per heavy atom. The van der Waals surface area contributed by atoms with Crippen LogP contribution in [0.4, 0.5) is 0 Å². The van der Waals surface area contributed by atoms with Crippen LogP contribution in [0.25, 0.3) is 0 Å². The van der Waals surface area contributed by atoms with Gasteiger partial charge in [-0.1, -0.05) is 26.7 Å². The Balaban J connectivity index is 2.36. The van der Waals surface area contributed by atoms with Crippen LogP contribution in [-0.2, 0) is 14.8 Å². The van der Waals surface area contributed by atoms with Gasteiger partial charge in [0.05, 0.1) is 11.9 Å². The van der Waals surface area contributed by atoms with Crippen molar-refractivity contribution in [3.63, 3.8) is 0 Å². The van der Waals surface area contributed by atoms with E-state index in [-0.39, 0.29) is 17.9 Å². The Bertz CT molecular complexity index is 322. The zero-order valence-corrected chi connectivity index (χ0v) is 12.2. The maximum atomic E-state index is 11.8. The molecular formula is C12H26N2O3S. The van der Waals surface area contributed by atoms with Crippen molar-refractivity contribution < 1.29 is 13.2 Å². The molecule has 108 valence electrons. The van der Waals surface area contributed by atoms with E-state index in [9.17, 15) is 8.42 Å². The lowest BCUT2D eigenvalue weighted by molar-refractivity contribution is 0.127. The van der Waals surface area contributed by atoms with Gasteiger partial charge in [-0.15, -0.1) is 0 Å². The average molecular weight is 278 g/mol. The second-order valence-corrected chi connectivity index (χ2v) is 6.86. The maximum absolute atomic E-state index is 11.8. The zero-order valence-electron chi connectivity index (χ0n) is 11.4. The molecule has 5 nitrogen and oxygen atoms in total. The lowest BCUT2D eigenvalue weighted by atomic mass is 9.95. The third-order valence-electron chi connectivity index (χ3n) is 3.62. The van der Waals surface area contributed by atoms with Crippen molar-refractivity contribution in [3.8, 4) is 0 Å². The standard InChI is InChI=1S/C12H26N2O3S/c1-3-10(4-2)12(13)8-14-18(15,16)9-11-6-5-7-17-11/h10-12,14H,3-9,13H2,1-2H3. The molecule has 2 unspecified atom stereocenters. The van der Waals surface area contributed by atoms with Crippen LogP contribution in [0, 0.1) is 5.92 Å². The highest BCUT2D eigenvalue weighted by molar-refractivity contribution is 7.89. The Kier molecular flexibility index (Phi) is 6.55. The van der Waals surface area contributed by atoms with Crippen molar-refractivity contribution in [1.29, 1.82) is 0 Å². The number of sulfonamides is 1. The molecule has 0 aromatic heterocycles. The van der Waals surface area contributed by atoms with E-state index in [2.05, 4.69) is 18.6 Å². The maximum Gasteiger partial charge on any atom is 0.214 e. The summed E-state index contributed by atoms with van der Waals surface area (Å²) in [6.45, 7) is 5.15. The highest BCUT2D eigenvalue weighted by atomic mass is 32.2. The first-order chi connectivity index (χ1) is 8.48. The third kappa shape index (κ3) is 5.22. The topological polar surface area (TPSA) is 81.4 Å². The average Bonchev–Trinajstić information content (AvgIpc) is 2.80. The number of nitrogens with one attached hydrogen (secondary N) is 1. The molecule has 18 heavy (non-hydrogen) atoms. The van der Waals surface area contributed by atoms with Gasteiger partial charge < -0.3 is 10.5 Å². The summed E-state index contributed by atoms with van der Waals surface area (Å²) >= 11 is 0. The van der Waals surface area contributed by atoms with Crippen LogP contribution < -0.4 is 10.5 Å². The van der Waals surface area contributed by atoms with E-state index in [1.165, 1.54) is 0 Å². The normalized spacial score (nSPS) is 22.6. The van der Waals surface area contributed by atoms with Gasteiger partial charge in [0.25, 0.3) is 0 Å². The van der Waals surface area contributed by atoms with E-state index in [1.807, 2.05) is 0 Å². The first-order valence-corrected chi connectivity index (χ1v) is 8.48. The van der Waals surface area contributed by atoms with Gasteiger partial charge in [-0.25, -0.2) is 13.1 Å². The minimum Gasteiger partial charge on any atom is -0.377 e. The summed E-state index contributed by atoms with van der Waals surface area (Å²) in [5.41, 5.74) is 6.00. The van der Waals surface area contributed by atoms with E-state index < -0.39 is 10.0 Å². The zero-order chi connectivity index (χ0) is 13.6. The summed E-state index contributed by atoms with van der Waals surface area (Å²) in [6, 6.07) is -0.112. The number of ether oxygens (including phenoxy) is 1. The quantitative estimate of drug-likeness (QED) is 0.689. The molecule has 1 aliphatic heterocycles. The van der Waals surface area contributed by atoms with Crippen LogP contribution in [0.3, 0.4) is 0 Å². The molecule has 1 fully saturated rings. The highest BCUT2D eigenvalue weighted by Crippen LogP contribution is 2.14. The Labute approximate surface area is 111 Å². The molecular weight excluding hydrogens is 252 g/mol. The summed E-state index contributed by atoms with van der Waals surface area (Å²) in [7, 11) is -3.27. The van der Waals surface area contributed by atoms with Gasteiger partial charge in [-0.05, 0) is 18.8 Å². The van der Waals surface area contributed by atoms with Crippen molar-refractivity contribution in [2.45, 2.75) is 51.7 Å². The monoisotopic (exact) mass is 278 g/mol. The van der Waals surface area contributed by atoms with E-state index in [1.54, 1.807) is 0 Å². The molecule has 0 spiro atoms. The Morgan fingerprint density at radius 2 is 2.06 bits per heavy atom. The van der Waals surface area contributed by atoms with Gasteiger partial charge in [0.15, 0.2) is 0 Å². The van der Waals surface area contributed by atoms with E-state index in [0.717, 1.165) is 25.7 Å². The van der Waals surface area contributed by atoms with Crippen molar-refractivity contribution >= 4 is 10.0 Å². The van der Waals surface area contributed by atoms with Gasteiger partial charge in [0.1, 0.15) is 0 Å². The molecule has 1 aliphatic rings. The SMILES string of the molecule is CCC(CC)C(N)CNS(=O)(=O)CC1CCCO1. The van der Waals surface area contributed by atoms with E-state index >= 15 is 0 Å². The fourth-order valence-electron chi connectivity index (χ4n) is 2.36. The van der Waals surface area contributed by atoms with E-state index in [4.69, 9.17) is 10.5 Å². The summed E-state index contributed by atoms with van der Waals surface area (Å²) in [4.78, 5) is 0. The Hall–Kier alpha value is -0.170. The minimum absolute atomic E-state index is 0.0582. The highest BCUT2D eigenvalue weighted by Gasteiger charge is 2.24. The van der Waals surface area contributed by atoms with Gasteiger partial charge in [-0.2, -0.15) is 0 Å². The van der Waals surface area contributed by atoms with Crippen molar-refractivity contribution in [1.82, 2.24) is 4.72 Å². The molecule has 0 aromatic carbocycles. The lowest BCUT2D eigenvalue weighted by Crippen LogP contribution is -2.43. The molecule has 0 aromatic rings. The first kappa shape index (κ1) is 15.9. The number of nitrogens with two attached hydrogens (primary N) is 1. The molecule has 0 radical (unpaired) electrons. The number of hydrogen-bond acceptors (Lipinski definition) is 4. The van der Waals surface area contributed by atoms with Crippen LogP contribution in [0.15, 0.2) is 0 Å². The van der Waals surface area contributed by atoms with Crippen molar-refractivity contribution in [3.05, 3.63) is 0 Å². The molecule has 1 rings (SSSR count). The molecule has 0 amide bonds. The van der Waals surface area contributed by atoms with Crippen LogP contribution in [0.5, 0.6) is 0 Å². The minimum atomic E-state index is -3.27. The van der Waals surface area contributed by atoms with Crippen LogP contribution in [0.2, 0.25) is 0 Å². The summed E-state index contributed by atoms with van der Waals surface area (Å²) in [5.74, 6) is 0.429. The fourth-order valence-corrected chi connectivity index (χ4v) is 3.68. The molecule has 0 aliphatic carbocycles. The van der Waals surface area contributed by atoms with Gasteiger partial charge >= 0.3 is 0 Å². The van der Waals surface area contributed by atoms with Gasteiger partial charge in [0.2, 0.25) is 10.0 Å². The van der Waals surface area contributed by atoms with Crippen LogP contribution in [0.1, 0.15) is 39.5 Å². The van der Waals surface area contributed by atoms with Gasteiger partial charge in [0, 0.05) is 19.2 Å². The largest absolute Gasteiger partial charge is 0.377 e. The molecule has 0 bridgehead atoms. The smallest absolute Gasteiger partial charge is 0.214 e. The third-order valence-corrected chi connectivity index (χ3v) is 5.04. The lowest BCUT2D eigenvalue weighted by Gasteiger charge is -2.21. The van der Waals surface area contributed by atoms with Crippen molar-refractivity contribution in [2.75, 3.05) is 18.9 Å². The summed E-state index contributed by atoms with van der Waals surface area (Å²) in [6.07, 6.45) is 3.59. The molecule has 2 atom stereocenters. The predicted molar refractivity (Wildman–Crippen MR) is 72.8 cm³/mol. The van der Waals surface area contributed by atoms with Gasteiger partial charge in [-0.3, -0.25) is 0 Å². The summed E-state index contributed by atoms with van der Waals surface area (Å²) in [5, 5.41) is 0. The van der Waals surface area contributed by atoms with E-state index in [0.29, 0.717) is 19.1 Å². The molecule has 6 heteroatoms. The fraction of sp³-hybridized carbons (Fsp3) is 1.00. The number of rotatable bonds is 8. The van der Waals surface area contributed by atoms with Crippen LogP contribution >= 0.6 is 0 Å². The molecule has 0 saturated carbocycles. The molecule has 3 N–H and O–H groups in total. The Morgan fingerprint density at radius 1 is 1.39 bits per heavy atom. The summed E-state index contributed by atoms with van der Waals surface area (Å²) < 4.78 is 31.6. The second-order valence-electron chi connectivity index (χ2n) is 5.01. The predicted octanol–water partition coefficient (Wildman–Crippen LogP) is 0.848. The first-order valence-electron chi connectivity index (χ1n) is 6.83. The number of hydrogen-bond donors (Lipinski definition) is 2.